The van der Waals surface area contributed by atoms with Crippen molar-refractivity contribution in [3.8, 4) is 0 Å². The number of hydrogen-bond donors (Lipinski definition) is 1. The van der Waals surface area contributed by atoms with Crippen LogP contribution in [0.2, 0.25) is 0 Å². The first kappa shape index (κ1) is 13.7. The molecule has 0 fully saturated rings. The minimum atomic E-state index is -0.387. The summed E-state index contributed by atoms with van der Waals surface area (Å²) in [6, 6.07) is 3.96. The van der Waals surface area contributed by atoms with Crippen LogP contribution >= 0.6 is 15.9 Å². The summed E-state index contributed by atoms with van der Waals surface area (Å²) >= 11 is 3.16. The number of hydrogen-bond acceptors (Lipinski definition) is 3. The lowest BCUT2D eigenvalue weighted by molar-refractivity contribution is 0.0953. The number of nitrogens with zero attached hydrogens (tertiary/aromatic N) is 3. The SMILES string of the molecule is Cn1cnnc1CCNC(=O)c1ccc(F)cc1Br. The van der Waals surface area contributed by atoms with E-state index in [4.69, 9.17) is 0 Å². The van der Waals surface area contributed by atoms with E-state index in [-0.39, 0.29) is 11.7 Å². The van der Waals surface area contributed by atoms with E-state index in [0.717, 1.165) is 5.82 Å². The fourth-order valence-electron chi connectivity index (χ4n) is 1.59. The summed E-state index contributed by atoms with van der Waals surface area (Å²) < 4.78 is 15.1. The molecule has 0 saturated carbocycles. The molecule has 1 aromatic heterocycles. The Hall–Kier alpha value is -1.76. The van der Waals surface area contributed by atoms with Crippen LogP contribution in [0.5, 0.6) is 0 Å². The van der Waals surface area contributed by atoms with Crippen molar-refractivity contribution >= 4 is 21.8 Å². The quantitative estimate of drug-likeness (QED) is 0.930. The highest BCUT2D eigenvalue weighted by Gasteiger charge is 2.10. The Kier molecular flexibility index (Phi) is 4.26. The maximum atomic E-state index is 12.9. The van der Waals surface area contributed by atoms with Gasteiger partial charge in [-0.25, -0.2) is 4.39 Å². The molecule has 1 heterocycles. The zero-order valence-electron chi connectivity index (χ0n) is 10.2. The van der Waals surface area contributed by atoms with E-state index in [0.29, 0.717) is 23.0 Å². The molecule has 1 N–H and O–H groups in total. The van der Waals surface area contributed by atoms with Crippen molar-refractivity contribution in [2.75, 3.05) is 6.54 Å². The van der Waals surface area contributed by atoms with Crippen molar-refractivity contribution in [2.24, 2.45) is 7.05 Å². The highest BCUT2D eigenvalue weighted by Crippen LogP contribution is 2.17. The highest BCUT2D eigenvalue weighted by atomic mass is 79.9. The first-order chi connectivity index (χ1) is 9.08. The van der Waals surface area contributed by atoms with Crippen molar-refractivity contribution in [1.82, 2.24) is 20.1 Å². The summed E-state index contributed by atoms with van der Waals surface area (Å²) in [5.74, 6) is 0.148. The fourth-order valence-corrected chi connectivity index (χ4v) is 2.12. The standard InChI is InChI=1S/C12H12BrFN4O/c1-18-7-16-17-11(18)4-5-15-12(19)9-3-2-8(14)6-10(9)13/h2-3,6-7H,4-5H2,1H3,(H,15,19). The number of aryl methyl sites for hydroxylation is 1. The van der Waals surface area contributed by atoms with E-state index in [1.807, 2.05) is 7.05 Å². The van der Waals surface area contributed by atoms with Gasteiger partial charge in [0.15, 0.2) is 0 Å². The monoisotopic (exact) mass is 326 g/mol. The van der Waals surface area contributed by atoms with Crippen LogP contribution in [0.25, 0.3) is 0 Å². The number of benzene rings is 1. The first-order valence-electron chi connectivity index (χ1n) is 5.64. The third-order valence-corrected chi connectivity index (χ3v) is 3.27. The maximum Gasteiger partial charge on any atom is 0.252 e. The van der Waals surface area contributed by atoms with E-state index >= 15 is 0 Å². The van der Waals surface area contributed by atoms with Gasteiger partial charge in [-0.05, 0) is 34.1 Å². The topological polar surface area (TPSA) is 59.8 Å². The van der Waals surface area contributed by atoms with Crippen LogP contribution in [0.3, 0.4) is 0 Å². The van der Waals surface area contributed by atoms with Crippen molar-refractivity contribution < 1.29 is 9.18 Å². The normalized spacial score (nSPS) is 10.5. The number of nitrogens with one attached hydrogen (secondary N) is 1. The molecule has 0 atom stereocenters. The minimum Gasteiger partial charge on any atom is -0.352 e. The molecule has 0 aliphatic heterocycles. The summed E-state index contributed by atoms with van der Waals surface area (Å²) in [6.07, 6.45) is 2.19. The maximum absolute atomic E-state index is 12.9. The Labute approximate surface area is 118 Å². The molecule has 1 amide bonds. The van der Waals surface area contributed by atoms with Crippen molar-refractivity contribution in [2.45, 2.75) is 6.42 Å². The Balaban J connectivity index is 1.93. The van der Waals surface area contributed by atoms with Gasteiger partial charge < -0.3 is 9.88 Å². The van der Waals surface area contributed by atoms with Gasteiger partial charge in [-0.1, -0.05) is 0 Å². The molecule has 0 spiro atoms. The van der Waals surface area contributed by atoms with Crippen molar-refractivity contribution in [1.29, 1.82) is 0 Å². The molecule has 0 aliphatic carbocycles. The minimum absolute atomic E-state index is 0.256. The van der Waals surface area contributed by atoms with Gasteiger partial charge in [0.2, 0.25) is 0 Å². The summed E-state index contributed by atoms with van der Waals surface area (Å²) in [4.78, 5) is 11.9. The van der Waals surface area contributed by atoms with E-state index in [1.54, 1.807) is 10.9 Å². The van der Waals surface area contributed by atoms with Crippen LogP contribution in [0.1, 0.15) is 16.2 Å². The van der Waals surface area contributed by atoms with Crippen LogP contribution in [-0.4, -0.2) is 27.2 Å². The summed E-state index contributed by atoms with van der Waals surface area (Å²) in [6.45, 7) is 0.440. The Bertz CT molecular complexity index is 599. The van der Waals surface area contributed by atoms with E-state index in [9.17, 15) is 9.18 Å². The molecule has 100 valence electrons. The van der Waals surface area contributed by atoms with Gasteiger partial charge >= 0.3 is 0 Å². The van der Waals surface area contributed by atoms with E-state index in [2.05, 4.69) is 31.4 Å². The second-order valence-electron chi connectivity index (χ2n) is 3.99. The van der Waals surface area contributed by atoms with Crippen LogP contribution in [0, 0.1) is 5.82 Å². The molecule has 0 bridgehead atoms. The lowest BCUT2D eigenvalue weighted by Gasteiger charge is -2.06. The Morgan fingerprint density at radius 2 is 2.32 bits per heavy atom. The predicted octanol–water partition coefficient (Wildman–Crippen LogP) is 1.69. The lowest BCUT2D eigenvalue weighted by atomic mass is 10.2. The molecule has 1 aromatic carbocycles. The lowest BCUT2D eigenvalue weighted by Crippen LogP contribution is -2.26. The largest absolute Gasteiger partial charge is 0.352 e. The molecule has 0 saturated heterocycles. The predicted molar refractivity (Wildman–Crippen MR) is 71.1 cm³/mol. The molecule has 0 unspecified atom stereocenters. The average Bonchev–Trinajstić information content (AvgIpc) is 2.75. The third kappa shape index (κ3) is 3.37. The molecular weight excluding hydrogens is 315 g/mol. The molecule has 0 radical (unpaired) electrons. The van der Waals surface area contributed by atoms with Gasteiger partial charge in [0.05, 0.1) is 5.56 Å². The van der Waals surface area contributed by atoms with E-state index in [1.165, 1.54) is 18.2 Å². The Morgan fingerprint density at radius 1 is 1.53 bits per heavy atom. The molecule has 5 nitrogen and oxygen atoms in total. The summed E-state index contributed by atoms with van der Waals surface area (Å²) in [5.41, 5.74) is 0.402. The van der Waals surface area contributed by atoms with Crippen LogP contribution in [-0.2, 0) is 13.5 Å². The van der Waals surface area contributed by atoms with Gasteiger partial charge in [-0.15, -0.1) is 10.2 Å². The van der Waals surface area contributed by atoms with Crippen molar-refractivity contribution in [3.05, 3.63) is 46.2 Å². The molecule has 19 heavy (non-hydrogen) atoms. The summed E-state index contributed by atoms with van der Waals surface area (Å²) in [5, 5.41) is 10.4. The number of rotatable bonds is 4. The fraction of sp³-hybridized carbons (Fsp3) is 0.250. The number of halogens is 2. The number of carbonyl (C=O) groups is 1. The molecule has 0 aliphatic rings. The first-order valence-corrected chi connectivity index (χ1v) is 6.43. The molecule has 7 heteroatoms. The van der Waals surface area contributed by atoms with Gasteiger partial charge in [0.1, 0.15) is 18.0 Å². The third-order valence-electron chi connectivity index (χ3n) is 2.62. The number of amides is 1. The zero-order chi connectivity index (χ0) is 13.8. The van der Waals surface area contributed by atoms with Gasteiger partial charge in [-0.2, -0.15) is 0 Å². The molecular formula is C12H12BrFN4O. The zero-order valence-corrected chi connectivity index (χ0v) is 11.8. The van der Waals surface area contributed by atoms with Gasteiger partial charge in [0.25, 0.3) is 5.91 Å². The highest BCUT2D eigenvalue weighted by molar-refractivity contribution is 9.10. The average molecular weight is 327 g/mol. The summed E-state index contributed by atoms with van der Waals surface area (Å²) in [7, 11) is 1.84. The van der Waals surface area contributed by atoms with Crippen LogP contribution in [0.15, 0.2) is 29.0 Å². The molecule has 2 rings (SSSR count). The smallest absolute Gasteiger partial charge is 0.252 e. The van der Waals surface area contributed by atoms with Crippen LogP contribution < -0.4 is 5.32 Å². The molecule has 2 aromatic rings. The van der Waals surface area contributed by atoms with Gasteiger partial charge in [0, 0.05) is 24.5 Å². The van der Waals surface area contributed by atoms with Crippen LogP contribution in [0.4, 0.5) is 4.39 Å². The van der Waals surface area contributed by atoms with E-state index < -0.39 is 0 Å². The number of carbonyl (C=O) groups excluding carboxylic acids is 1. The number of aromatic nitrogens is 3. The van der Waals surface area contributed by atoms with Gasteiger partial charge in [-0.3, -0.25) is 4.79 Å². The second-order valence-corrected chi connectivity index (χ2v) is 4.84. The Morgan fingerprint density at radius 3 is 2.95 bits per heavy atom. The van der Waals surface area contributed by atoms with Crippen molar-refractivity contribution in [3.63, 3.8) is 0 Å². The second kappa shape index (κ2) is 5.92.